The number of amides is 1. The Morgan fingerprint density at radius 1 is 1.14 bits per heavy atom. The highest BCUT2D eigenvalue weighted by Crippen LogP contribution is 2.10. The molecule has 4 rings (SSSR count). The van der Waals surface area contributed by atoms with Crippen LogP contribution in [0.4, 0.5) is 0 Å². The fourth-order valence-electron chi connectivity index (χ4n) is 3.03. The van der Waals surface area contributed by atoms with E-state index in [2.05, 4.69) is 25.4 Å². The summed E-state index contributed by atoms with van der Waals surface area (Å²) in [6.45, 7) is 3.16. The van der Waals surface area contributed by atoms with Crippen molar-refractivity contribution in [1.29, 1.82) is 0 Å². The van der Waals surface area contributed by atoms with Crippen LogP contribution in [0.5, 0.6) is 0 Å². The van der Waals surface area contributed by atoms with Crippen molar-refractivity contribution in [2.24, 2.45) is 0 Å². The van der Waals surface area contributed by atoms with E-state index >= 15 is 0 Å². The summed E-state index contributed by atoms with van der Waals surface area (Å²) < 4.78 is 3.18. The maximum absolute atomic E-state index is 12.8. The van der Waals surface area contributed by atoms with Gasteiger partial charge in [-0.2, -0.15) is 5.10 Å². The van der Waals surface area contributed by atoms with Crippen LogP contribution in [0.1, 0.15) is 21.6 Å². The number of hydrogen-bond donors (Lipinski definition) is 1. The highest BCUT2D eigenvalue weighted by atomic mass is 16.2. The molecular formula is C20H19N7O2. The monoisotopic (exact) mass is 389 g/mol. The fourth-order valence-corrected chi connectivity index (χ4v) is 3.03. The molecule has 1 aromatic carbocycles. The van der Waals surface area contributed by atoms with E-state index in [0.29, 0.717) is 30.7 Å². The van der Waals surface area contributed by atoms with Gasteiger partial charge >= 0.3 is 0 Å². The predicted molar refractivity (Wildman–Crippen MR) is 106 cm³/mol. The molecule has 9 nitrogen and oxygen atoms in total. The van der Waals surface area contributed by atoms with E-state index in [1.165, 1.54) is 31.1 Å². The van der Waals surface area contributed by atoms with Gasteiger partial charge in [-0.15, -0.1) is 0 Å². The van der Waals surface area contributed by atoms with Gasteiger partial charge in [0.25, 0.3) is 11.5 Å². The molecule has 1 N–H and O–H groups in total. The molecule has 1 amide bonds. The first-order valence-electron chi connectivity index (χ1n) is 9.13. The highest BCUT2D eigenvalue weighted by molar-refractivity contribution is 5.91. The molecule has 29 heavy (non-hydrogen) atoms. The lowest BCUT2D eigenvalue weighted by molar-refractivity contribution is 0.0946. The quantitative estimate of drug-likeness (QED) is 0.530. The van der Waals surface area contributed by atoms with Gasteiger partial charge in [0.15, 0.2) is 5.65 Å². The Morgan fingerprint density at radius 2 is 2.00 bits per heavy atom. The maximum Gasteiger partial charge on any atom is 0.271 e. The zero-order chi connectivity index (χ0) is 20.2. The number of hydrogen-bond acceptors (Lipinski definition) is 6. The molecule has 146 valence electrons. The fraction of sp³-hybridized carbons (Fsp3) is 0.200. The molecule has 3 heterocycles. The Morgan fingerprint density at radius 3 is 2.79 bits per heavy atom. The van der Waals surface area contributed by atoms with Gasteiger partial charge in [-0.1, -0.05) is 24.3 Å². The number of nitrogens with zero attached hydrogens (tertiary/aromatic N) is 6. The van der Waals surface area contributed by atoms with Crippen molar-refractivity contribution in [2.75, 3.05) is 6.54 Å². The number of rotatable bonds is 6. The minimum Gasteiger partial charge on any atom is -0.349 e. The van der Waals surface area contributed by atoms with Crippen molar-refractivity contribution in [3.63, 3.8) is 0 Å². The number of carbonyl (C=O) groups is 1. The van der Waals surface area contributed by atoms with Crippen molar-refractivity contribution < 1.29 is 4.79 Å². The Bertz CT molecular complexity index is 1210. The molecule has 0 aliphatic rings. The molecule has 9 heteroatoms. The third kappa shape index (κ3) is 3.88. The van der Waals surface area contributed by atoms with Crippen molar-refractivity contribution in [2.45, 2.75) is 20.0 Å². The average Bonchev–Trinajstić information content (AvgIpc) is 3.16. The molecule has 0 atom stereocenters. The summed E-state index contributed by atoms with van der Waals surface area (Å²) >= 11 is 0. The normalized spacial score (nSPS) is 10.9. The third-order valence-electron chi connectivity index (χ3n) is 4.63. The summed E-state index contributed by atoms with van der Waals surface area (Å²) in [5.41, 5.74) is 2.77. The molecule has 0 fully saturated rings. The van der Waals surface area contributed by atoms with Crippen LogP contribution in [-0.2, 0) is 13.1 Å². The summed E-state index contributed by atoms with van der Waals surface area (Å²) in [6, 6.07) is 7.93. The van der Waals surface area contributed by atoms with E-state index in [0.717, 1.165) is 11.1 Å². The molecular weight excluding hydrogens is 370 g/mol. The van der Waals surface area contributed by atoms with Crippen LogP contribution in [0.15, 0.2) is 60.2 Å². The molecule has 0 aliphatic heterocycles. The van der Waals surface area contributed by atoms with Crippen LogP contribution in [-0.4, -0.2) is 41.8 Å². The van der Waals surface area contributed by atoms with E-state index < -0.39 is 0 Å². The average molecular weight is 389 g/mol. The summed E-state index contributed by atoms with van der Waals surface area (Å²) in [4.78, 5) is 37.1. The second-order valence-corrected chi connectivity index (χ2v) is 6.56. The van der Waals surface area contributed by atoms with Crippen LogP contribution >= 0.6 is 0 Å². The van der Waals surface area contributed by atoms with Crippen LogP contribution in [0.3, 0.4) is 0 Å². The van der Waals surface area contributed by atoms with Crippen molar-refractivity contribution in [3.05, 3.63) is 82.6 Å². The molecule has 0 radical (unpaired) electrons. The number of aromatic nitrogens is 6. The SMILES string of the molecule is Cc1ccccc1Cn1cnc2c(cnn2CCNC(=O)c2cnccn2)c1=O. The van der Waals surface area contributed by atoms with Gasteiger partial charge in [-0.3, -0.25) is 19.1 Å². The van der Waals surface area contributed by atoms with Crippen LogP contribution in [0.2, 0.25) is 0 Å². The lowest BCUT2D eigenvalue weighted by Crippen LogP contribution is -2.28. The zero-order valence-corrected chi connectivity index (χ0v) is 15.8. The van der Waals surface area contributed by atoms with Gasteiger partial charge in [0, 0.05) is 18.9 Å². The molecule has 4 aromatic rings. The Labute approximate surface area is 166 Å². The van der Waals surface area contributed by atoms with E-state index in [1.807, 2.05) is 31.2 Å². The van der Waals surface area contributed by atoms with Crippen LogP contribution < -0.4 is 10.9 Å². The predicted octanol–water partition coefficient (Wildman–Crippen LogP) is 1.17. The Hall–Kier alpha value is -3.88. The van der Waals surface area contributed by atoms with E-state index in [-0.39, 0.29) is 17.2 Å². The maximum atomic E-state index is 12.8. The molecule has 0 aliphatic carbocycles. The number of fused-ring (bicyclic) bond motifs is 1. The Balaban J connectivity index is 1.48. The molecule has 0 saturated heterocycles. The zero-order valence-electron chi connectivity index (χ0n) is 15.8. The topological polar surface area (TPSA) is 108 Å². The molecule has 0 bridgehead atoms. The lowest BCUT2D eigenvalue weighted by atomic mass is 10.1. The van der Waals surface area contributed by atoms with E-state index in [1.54, 1.807) is 9.25 Å². The highest BCUT2D eigenvalue weighted by Gasteiger charge is 2.12. The number of nitrogens with one attached hydrogen (secondary N) is 1. The van der Waals surface area contributed by atoms with Crippen molar-refractivity contribution in [1.82, 2.24) is 34.6 Å². The minimum absolute atomic E-state index is 0.145. The summed E-state index contributed by atoms with van der Waals surface area (Å²) in [6.07, 6.45) is 7.42. The summed E-state index contributed by atoms with van der Waals surface area (Å²) in [7, 11) is 0. The first-order chi connectivity index (χ1) is 14.1. The minimum atomic E-state index is -0.317. The van der Waals surface area contributed by atoms with Crippen molar-refractivity contribution in [3.8, 4) is 0 Å². The van der Waals surface area contributed by atoms with Gasteiger partial charge in [0.1, 0.15) is 17.4 Å². The van der Waals surface area contributed by atoms with E-state index in [4.69, 9.17) is 0 Å². The standard InChI is InChI=1S/C20H19N7O2/c1-14-4-2-3-5-15(14)12-26-13-24-18-16(20(26)29)10-25-27(18)9-8-23-19(28)17-11-21-6-7-22-17/h2-7,10-11,13H,8-9,12H2,1H3,(H,23,28). The third-order valence-corrected chi connectivity index (χ3v) is 4.63. The molecule has 0 saturated carbocycles. The first kappa shape index (κ1) is 18.5. The second-order valence-electron chi connectivity index (χ2n) is 6.56. The van der Waals surface area contributed by atoms with Crippen LogP contribution in [0.25, 0.3) is 11.0 Å². The molecule has 3 aromatic heterocycles. The van der Waals surface area contributed by atoms with E-state index in [9.17, 15) is 9.59 Å². The largest absolute Gasteiger partial charge is 0.349 e. The first-order valence-corrected chi connectivity index (χ1v) is 9.13. The lowest BCUT2D eigenvalue weighted by Gasteiger charge is -2.09. The van der Waals surface area contributed by atoms with Gasteiger partial charge < -0.3 is 5.32 Å². The van der Waals surface area contributed by atoms with Gasteiger partial charge in [0.05, 0.1) is 25.5 Å². The van der Waals surface area contributed by atoms with Gasteiger partial charge in [0.2, 0.25) is 0 Å². The smallest absolute Gasteiger partial charge is 0.271 e. The number of carbonyl (C=O) groups excluding carboxylic acids is 1. The summed E-state index contributed by atoms with van der Waals surface area (Å²) in [5.74, 6) is -0.317. The summed E-state index contributed by atoms with van der Waals surface area (Å²) in [5, 5.41) is 7.45. The molecule has 0 spiro atoms. The van der Waals surface area contributed by atoms with Gasteiger partial charge in [-0.25, -0.2) is 14.6 Å². The van der Waals surface area contributed by atoms with Crippen molar-refractivity contribution >= 4 is 16.9 Å². The van der Waals surface area contributed by atoms with Gasteiger partial charge in [-0.05, 0) is 18.1 Å². The Kier molecular flexibility index (Phi) is 5.10. The van der Waals surface area contributed by atoms with Crippen LogP contribution in [0, 0.1) is 6.92 Å². The second kappa shape index (κ2) is 8.01. The molecule has 0 unspecified atom stereocenters. The number of benzene rings is 1. The number of aryl methyl sites for hydroxylation is 1.